The summed E-state index contributed by atoms with van der Waals surface area (Å²) < 4.78 is 0. The second-order valence-electron chi connectivity index (χ2n) is 4.80. The first-order valence-corrected chi connectivity index (χ1v) is 6.86. The predicted molar refractivity (Wildman–Crippen MR) is 82.7 cm³/mol. The highest BCUT2D eigenvalue weighted by atomic mass is 16.2. The van der Waals surface area contributed by atoms with Gasteiger partial charge in [0.25, 0.3) is 0 Å². The van der Waals surface area contributed by atoms with Crippen molar-refractivity contribution in [2.24, 2.45) is 0 Å². The monoisotopic (exact) mass is 268 g/mol. The molecule has 0 aromatic heterocycles. The predicted octanol–water partition coefficient (Wildman–Crippen LogP) is 2.98. The van der Waals surface area contributed by atoms with Crippen LogP contribution in [-0.2, 0) is 4.79 Å². The maximum absolute atomic E-state index is 11.2. The highest BCUT2D eigenvalue weighted by Gasteiger charge is 2.23. The Kier molecular flexibility index (Phi) is 5.18. The number of hydrogen-bond acceptors (Lipinski definition) is 2. The lowest BCUT2D eigenvalue weighted by Gasteiger charge is -2.10. The minimum Gasteiger partial charge on any atom is -0.374 e. The van der Waals surface area contributed by atoms with Gasteiger partial charge in [-0.3, -0.25) is 4.79 Å². The van der Waals surface area contributed by atoms with Crippen LogP contribution in [0.5, 0.6) is 0 Å². The van der Waals surface area contributed by atoms with Crippen molar-refractivity contribution in [3.8, 4) is 0 Å². The third-order valence-corrected chi connectivity index (χ3v) is 3.10. The summed E-state index contributed by atoms with van der Waals surface area (Å²) in [5.41, 5.74) is 2.33. The molecule has 0 aliphatic carbocycles. The summed E-state index contributed by atoms with van der Waals surface area (Å²) >= 11 is 0. The molecule has 104 valence electrons. The quantitative estimate of drug-likeness (QED) is 0.879. The van der Waals surface area contributed by atoms with Gasteiger partial charge >= 0.3 is 0 Å². The second-order valence-corrected chi connectivity index (χ2v) is 4.80. The number of nitrogens with one attached hydrogen (secondary N) is 2. The van der Waals surface area contributed by atoms with E-state index in [1.54, 1.807) is 0 Å². The Morgan fingerprint density at radius 3 is 2.05 bits per heavy atom. The molecule has 0 radical (unpaired) electrons. The molecule has 1 saturated heterocycles. The molecule has 0 bridgehead atoms. The van der Waals surface area contributed by atoms with Crippen molar-refractivity contribution in [3.05, 3.63) is 66.2 Å². The molecule has 0 saturated carbocycles. The Morgan fingerprint density at radius 1 is 1.00 bits per heavy atom. The number of aryl methyl sites for hydroxylation is 1. The fourth-order valence-corrected chi connectivity index (χ4v) is 2.00. The molecule has 20 heavy (non-hydrogen) atoms. The van der Waals surface area contributed by atoms with Gasteiger partial charge in [-0.15, -0.1) is 0 Å². The van der Waals surface area contributed by atoms with E-state index in [4.69, 9.17) is 0 Å². The first kappa shape index (κ1) is 14.1. The van der Waals surface area contributed by atoms with E-state index in [1.807, 2.05) is 48.5 Å². The van der Waals surface area contributed by atoms with Gasteiger partial charge in [0.05, 0.1) is 0 Å². The first-order chi connectivity index (χ1) is 9.75. The van der Waals surface area contributed by atoms with E-state index in [2.05, 4.69) is 29.7 Å². The van der Waals surface area contributed by atoms with Gasteiger partial charge in [0.1, 0.15) is 6.04 Å². The number of para-hydroxylation sites is 1. The van der Waals surface area contributed by atoms with Gasteiger partial charge in [0, 0.05) is 12.2 Å². The summed E-state index contributed by atoms with van der Waals surface area (Å²) in [5.74, 6) is 0.101. The minimum atomic E-state index is -0.0533. The molecule has 0 spiro atoms. The van der Waals surface area contributed by atoms with E-state index in [0.29, 0.717) is 0 Å². The molecule has 2 N–H and O–H groups in total. The van der Waals surface area contributed by atoms with Gasteiger partial charge in [-0.2, -0.15) is 0 Å². The number of carbonyl (C=O) groups is 1. The molecule has 3 rings (SSSR count). The van der Waals surface area contributed by atoms with Gasteiger partial charge in [0.2, 0.25) is 5.91 Å². The molecular weight excluding hydrogens is 248 g/mol. The van der Waals surface area contributed by atoms with Gasteiger partial charge in [-0.1, -0.05) is 54.1 Å². The van der Waals surface area contributed by atoms with Crippen LogP contribution < -0.4 is 10.6 Å². The molecule has 1 atom stereocenters. The van der Waals surface area contributed by atoms with Gasteiger partial charge in [0.15, 0.2) is 0 Å². The third-order valence-electron chi connectivity index (χ3n) is 3.10. The zero-order chi connectivity index (χ0) is 14.2. The Bertz CT molecular complexity index is 525. The van der Waals surface area contributed by atoms with Crippen LogP contribution in [0.25, 0.3) is 0 Å². The minimum absolute atomic E-state index is 0.0533. The van der Waals surface area contributed by atoms with Gasteiger partial charge < -0.3 is 10.6 Å². The van der Waals surface area contributed by atoms with Crippen molar-refractivity contribution in [1.29, 1.82) is 0 Å². The van der Waals surface area contributed by atoms with Crippen molar-refractivity contribution < 1.29 is 4.79 Å². The molecule has 2 aromatic carbocycles. The summed E-state index contributed by atoms with van der Waals surface area (Å²) in [7, 11) is 0. The molecule has 1 heterocycles. The average molecular weight is 268 g/mol. The van der Waals surface area contributed by atoms with E-state index in [0.717, 1.165) is 18.7 Å². The number of anilines is 1. The van der Waals surface area contributed by atoms with Crippen molar-refractivity contribution in [3.63, 3.8) is 0 Å². The molecule has 1 aliphatic rings. The lowest BCUT2D eigenvalue weighted by molar-refractivity contribution is -0.119. The number of carbonyl (C=O) groups excluding carboxylic acids is 1. The summed E-state index contributed by atoms with van der Waals surface area (Å²) in [6.07, 6.45) is 0.869. The molecule has 1 fully saturated rings. The van der Waals surface area contributed by atoms with E-state index in [-0.39, 0.29) is 11.9 Å². The first-order valence-electron chi connectivity index (χ1n) is 6.86. The van der Waals surface area contributed by atoms with E-state index >= 15 is 0 Å². The van der Waals surface area contributed by atoms with Gasteiger partial charge in [-0.25, -0.2) is 0 Å². The maximum atomic E-state index is 11.2. The van der Waals surface area contributed by atoms with E-state index in [1.165, 1.54) is 5.56 Å². The van der Waals surface area contributed by atoms with Crippen molar-refractivity contribution in [1.82, 2.24) is 5.32 Å². The van der Waals surface area contributed by atoms with Crippen LogP contribution in [0.3, 0.4) is 0 Å². The van der Waals surface area contributed by atoms with Crippen LogP contribution >= 0.6 is 0 Å². The van der Waals surface area contributed by atoms with Gasteiger partial charge in [-0.05, 0) is 25.5 Å². The number of rotatable bonds is 2. The molecule has 1 unspecified atom stereocenters. The molecule has 3 heteroatoms. The zero-order valence-electron chi connectivity index (χ0n) is 11.7. The smallest absolute Gasteiger partial charge is 0.242 e. The van der Waals surface area contributed by atoms with Crippen molar-refractivity contribution >= 4 is 11.6 Å². The van der Waals surface area contributed by atoms with Crippen LogP contribution in [0.15, 0.2) is 60.7 Å². The summed E-state index contributed by atoms with van der Waals surface area (Å²) in [6.45, 7) is 2.86. The highest BCUT2D eigenvalue weighted by Crippen LogP contribution is 2.11. The summed E-state index contributed by atoms with van der Waals surface area (Å²) in [4.78, 5) is 11.2. The van der Waals surface area contributed by atoms with Crippen molar-refractivity contribution in [2.45, 2.75) is 19.4 Å². The fourth-order valence-electron chi connectivity index (χ4n) is 2.00. The number of hydrogen-bond donors (Lipinski definition) is 2. The maximum Gasteiger partial charge on any atom is 0.242 e. The third kappa shape index (κ3) is 4.43. The Hall–Kier alpha value is -2.29. The number of amides is 1. The van der Waals surface area contributed by atoms with Crippen LogP contribution in [0.1, 0.15) is 12.0 Å². The second kappa shape index (κ2) is 7.34. The SMILES string of the molecule is Cc1ccccc1.O=C1NCCC1Nc1ccccc1. The molecule has 1 amide bonds. The Labute approximate surface area is 120 Å². The molecule has 1 aliphatic heterocycles. The summed E-state index contributed by atoms with van der Waals surface area (Å²) in [6, 6.07) is 20.0. The van der Waals surface area contributed by atoms with Crippen LogP contribution in [0, 0.1) is 6.92 Å². The topological polar surface area (TPSA) is 41.1 Å². The lowest BCUT2D eigenvalue weighted by Crippen LogP contribution is -2.29. The Morgan fingerprint density at radius 2 is 1.60 bits per heavy atom. The molecular formula is C17H20N2O. The molecule has 3 nitrogen and oxygen atoms in total. The van der Waals surface area contributed by atoms with E-state index < -0.39 is 0 Å². The van der Waals surface area contributed by atoms with Crippen LogP contribution in [-0.4, -0.2) is 18.5 Å². The average Bonchev–Trinajstić information content (AvgIpc) is 2.87. The standard InChI is InChI=1S/C10H12N2O.C7H8/c13-10-9(6-7-11-10)12-8-4-2-1-3-5-8;1-7-5-3-2-4-6-7/h1-5,9,12H,6-7H2,(H,11,13);2-6H,1H3. The fraction of sp³-hybridized carbons (Fsp3) is 0.235. The number of benzene rings is 2. The van der Waals surface area contributed by atoms with Crippen LogP contribution in [0.2, 0.25) is 0 Å². The van der Waals surface area contributed by atoms with E-state index in [9.17, 15) is 4.79 Å². The van der Waals surface area contributed by atoms with Crippen LogP contribution in [0.4, 0.5) is 5.69 Å². The van der Waals surface area contributed by atoms with Crippen molar-refractivity contribution in [2.75, 3.05) is 11.9 Å². The highest BCUT2D eigenvalue weighted by molar-refractivity contribution is 5.86. The normalized spacial score (nSPS) is 16.9. The molecule has 2 aromatic rings. The Balaban J connectivity index is 0.000000178. The largest absolute Gasteiger partial charge is 0.374 e. The zero-order valence-corrected chi connectivity index (χ0v) is 11.7. The summed E-state index contributed by atoms with van der Waals surface area (Å²) in [5, 5.41) is 5.97. The lowest BCUT2D eigenvalue weighted by atomic mass is 10.2.